The van der Waals surface area contributed by atoms with E-state index >= 15 is 0 Å². The zero-order valence-electron chi connectivity index (χ0n) is 20.4. The smallest absolute Gasteiger partial charge is 0.401 e. The highest BCUT2D eigenvalue weighted by Gasteiger charge is 2.48. The van der Waals surface area contributed by atoms with E-state index in [0.717, 1.165) is 12.1 Å². The van der Waals surface area contributed by atoms with Gasteiger partial charge < -0.3 is 25.1 Å². The number of nitrogens with zero attached hydrogens (tertiary/aromatic N) is 2. The standard InChI is InChI=1S/C26H25F4N5O3/c1-37-24-16(27)3-2-4-17(24)32-23-20-21(15-9-18(15)33-25(20)36)34-22(23)14-5-7-31-10-19(14)38-11-13-6-8-35(13)12-26(28,29)30/h2-5,7,10,13,15,18,32,34H,6,8-9,11-12H2,1H3,(H,33,36)/t13-,15-,18+/m1/s1. The number of hydrogen-bond donors (Lipinski definition) is 3. The van der Waals surface area contributed by atoms with Gasteiger partial charge >= 0.3 is 6.18 Å². The number of alkyl halides is 3. The number of anilines is 2. The van der Waals surface area contributed by atoms with Gasteiger partial charge in [-0.05, 0) is 31.0 Å². The maximum absolute atomic E-state index is 14.4. The predicted octanol–water partition coefficient (Wildman–Crippen LogP) is 4.58. The molecule has 200 valence electrons. The Labute approximate surface area is 215 Å². The molecule has 3 aliphatic rings. The second-order valence-electron chi connectivity index (χ2n) is 9.74. The largest absolute Gasteiger partial charge is 0.492 e. The van der Waals surface area contributed by atoms with E-state index in [1.807, 2.05) is 0 Å². The van der Waals surface area contributed by atoms with E-state index in [9.17, 15) is 22.4 Å². The number of nitrogens with one attached hydrogen (secondary N) is 3. The molecule has 0 bridgehead atoms. The molecular weight excluding hydrogens is 506 g/mol. The van der Waals surface area contributed by atoms with Crippen molar-refractivity contribution in [2.75, 3.05) is 32.1 Å². The molecule has 1 saturated carbocycles. The molecule has 0 radical (unpaired) electrons. The first kappa shape index (κ1) is 24.5. The van der Waals surface area contributed by atoms with Gasteiger partial charge in [-0.1, -0.05) is 6.07 Å². The fourth-order valence-corrected chi connectivity index (χ4v) is 5.23. The van der Waals surface area contributed by atoms with Gasteiger partial charge in [0.25, 0.3) is 5.91 Å². The van der Waals surface area contributed by atoms with Crippen LogP contribution >= 0.6 is 0 Å². The Morgan fingerprint density at radius 2 is 2.11 bits per heavy atom. The maximum atomic E-state index is 14.4. The van der Waals surface area contributed by atoms with Crippen molar-refractivity contribution in [3.8, 4) is 22.8 Å². The van der Waals surface area contributed by atoms with Crippen LogP contribution in [0.5, 0.6) is 11.5 Å². The lowest BCUT2D eigenvalue weighted by molar-refractivity contribution is -0.163. The molecule has 4 heterocycles. The van der Waals surface area contributed by atoms with Crippen LogP contribution in [0.3, 0.4) is 0 Å². The second-order valence-corrected chi connectivity index (χ2v) is 9.74. The summed E-state index contributed by atoms with van der Waals surface area (Å²) in [4.78, 5) is 21.9. The fourth-order valence-electron chi connectivity index (χ4n) is 5.23. The molecule has 2 aliphatic heterocycles. The number of aromatic amines is 1. The minimum atomic E-state index is -4.28. The first-order valence-corrected chi connectivity index (χ1v) is 12.3. The molecular formula is C26H25F4N5O3. The molecule has 38 heavy (non-hydrogen) atoms. The van der Waals surface area contributed by atoms with E-state index in [1.165, 1.54) is 30.3 Å². The number of carbonyl (C=O) groups excluding carboxylic acids is 1. The number of H-pyrrole nitrogens is 1. The Morgan fingerprint density at radius 3 is 2.84 bits per heavy atom. The second kappa shape index (κ2) is 9.19. The SMILES string of the molecule is COc1c(F)cccc1Nc1c(-c2ccncc2OC[C@H]2CCN2CC(F)(F)F)[nH]c2c1C(=O)N[C@H]1C[C@@H]21. The van der Waals surface area contributed by atoms with Crippen LogP contribution in [0.15, 0.2) is 36.7 Å². The summed E-state index contributed by atoms with van der Waals surface area (Å²) in [6, 6.07) is 5.84. The van der Waals surface area contributed by atoms with Gasteiger partial charge in [-0.2, -0.15) is 13.2 Å². The Bertz CT molecular complexity index is 1390. The summed E-state index contributed by atoms with van der Waals surface area (Å²) in [6.07, 6.45) is 0.180. The van der Waals surface area contributed by atoms with E-state index < -0.39 is 18.5 Å². The van der Waals surface area contributed by atoms with Crippen LogP contribution in [0.2, 0.25) is 0 Å². The molecule has 6 rings (SSSR count). The minimum absolute atomic E-state index is 0.00476. The van der Waals surface area contributed by atoms with Crippen molar-refractivity contribution >= 4 is 17.3 Å². The van der Waals surface area contributed by atoms with Crippen molar-refractivity contribution < 1.29 is 31.8 Å². The summed E-state index contributed by atoms with van der Waals surface area (Å²) in [6.45, 7) is -0.565. The summed E-state index contributed by atoms with van der Waals surface area (Å²) >= 11 is 0. The molecule has 3 N–H and O–H groups in total. The Morgan fingerprint density at radius 1 is 1.26 bits per heavy atom. The van der Waals surface area contributed by atoms with Crippen LogP contribution in [-0.2, 0) is 0 Å². The normalized spacial score (nSPS) is 22.1. The van der Waals surface area contributed by atoms with Gasteiger partial charge in [-0.15, -0.1) is 0 Å². The van der Waals surface area contributed by atoms with E-state index in [1.54, 1.807) is 18.3 Å². The van der Waals surface area contributed by atoms with Crippen LogP contribution in [0.25, 0.3) is 11.3 Å². The monoisotopic (exact) mass is 531 g/mol. The fraction of sp³-hybridized carbons (Fsp3) is 0.385. The highest BCUT2D eigenvalue weighted by molar-refractivity contribution is 6.07. The number of amides is 1. The van der Waals surface area contributed by atoms with Crippen molar-refractivity contribution in [2.24, 2.45) is 0 Å². The summed E-state index contributed by atoms with van der Waals surface area (Å²) in [5.41, 5.74) is 3.04. The summed E-state index contributed by atoms with van der Waals surface area (Å²) in [5, 5.41) is 6.18. The van der Waals surface area contributed by atoms with Gasteiger partial charge in [0.15, 0.2) is 11.6 Å². The van der Waals surface area contributed by atoms with Gasteiger partial charge in [0.2, 0.25) is 0 Å². The van der Waals surface area contributed by atoms with Crippen LogP contribution in [0, 0.1) is 5.82 Å². The maximum Gasteiger partial charge on any atom is 0.401 e. The van der Waals surface area contributed by atoms with Gasteiger partial charge in [-0.3, -0.25) is 14.7 Å². The molecule has 3 atom stereocenters. The molecule has 1 aliphatic carbocycles. The average molecular weight is 532 g/mol. The van der Waals surface area contributed by atoms with Crippen LogP contribution < -0.4 is 20.1 Å². The number of aromatic nitrogens is 2. The van der Waals surface area contributed by atoms with E-state index in [4.69, 9.17) is 9.47 Å². The van der Waals surface area contributed by atoms with Gasteiger partial charge in [-0.25, -0.2) is 4.39 Å². The number of ether oxygens (including phenoxy) is 2. The third-order valence-electron chi connectivity index (χ3n) is 7.30. The number of rotatable bonds is 8. The van der Waals surface area contributed by atoms with Crippen molar-refractivity contribution in [1.82, 2.24) is 20.2 Å². The molecule has 0 unspecified atom stereocenters. The predicted molar refractivity (Wildman–Crippen MR) is 130 cm³/mol. The van der Waals surface area contributed by atoms with Crippen molar-refractivity contribution in [2.45, 2.75) is 37.0 Å². The molecule has 12 heteroatoms. The van der Waals surface area contributed by atoms with Crippen LogP contribution in [0.1, 0.15) is 34.8 Å². The molecule has 8 nitrogen and oxygen atoms in total. The zero-order valence-corrected chi connectivity index (χ0v) is 20.4. The molecule has 1 saturated heterocycles. The summed E-state index contributed by atoms with van der Waals surface area (Å²) in [7, 11) is 1.36. The van der Waals surface area contributed by atoms with E-state index in [0.29, 0.717) is 46.9 Å². The Hall–Kier alpha value is -3.80. The number of pyridine rings is 1. The third-order valence-corrected chi connectivity index (χ3v) is 7.30. The number of likely N-dealkylation sites (tertiary alicyclic amines) is 1. The van der Waals surface area contributed by atoms with Gasteiger partial charge in [0.05, 0.1) is 42.5 Å². The summed E-state index contributed by atoms with van der Waals surface area (Å²) in [5.74, 6) is -0.342. The van der Waals surface area contributed by atoms with Gasteiger partial charge in [0.1, 0.15) is 12.4 Å². The first-order chi connectivity index (χ1) is 18.2. The number of fused-ring (bicyclic) bond motifs is 3. The lowest BCUT2D eigenvalue weighted by Crippen LogP contribution is -2.54. The molecule has 2 fully saturated rings. The number of carbonyl (C=O) groups is 1. The van der Waals surface area contributed by atoms with Crippen LogP contribution in [-0.4, -0.2) is 65.8 Å². The number of methoxy groups -OCH3 is 1. The Kier molecular flexibility index (Phi) is 5.93. The van der Waals surface area contributed by atoms with Crippen LogP contribution in [0.4, 0.5) is 28.9 Å². The molecule has 2 aromatic heterocycles. The summed E-state index contributed by atoms with van der Waals surface area (Å²) < 4.78 is 64.3. The van der Waals surface area contributed by atoms with Crippen molar-refractivity contribution in [1.29, 1.82) is 0 Å². The topological polar surface area (TPSA) is 91.5 Å². The molecule has 3 aromatic rings. The minimum Gasteiger partial charge on any atom is -0.492 e. The van der Waals surface area contributed by atoms with Crippen molar-refractivity contribution in [3.63, 3.8) is 0 Å². The quantitative estimate of drug-likeness (QED) is 0.369. The molecule has 1 amide bonds. The Balaban J connectivity index is 1.36. The van der Waals surface area contributed by atoms with Crippen molar-refractivity contribution in [3.05, 3.63) is 53.7 Å². The first-order valence-electron chi connectivity index (χ1n) is 12.3. The molecule has 1 aromatic carbocycles. The number of para-hydroxylation sites is 1. The third kappa shape index (κ3) is 4.42. The number of halogens is 4. The van der Waals surface area contributed by atoms with E-state index in [2.05, 4.69) is 20.6 Å². The zero-order chi connectivity index (χ0) is 26.6. The van der Waals surface area contributed by atoms with Gasteiger partial charge in [0, 0.05) is 42.0 Å². The molecule has 0 spiro atoms. The lowest BCUT2D eigenvalue weighted by atomic mass is 10.0. The average Bonchev–Trinajstić information content (AvgIpc) is 3.54. The number of hydrogen-bond acceptors (Lipinski definition) is 6. The van der Waals surface area contributed by atoms with E-state index in [-0.39, 0.29) is 36.3 Å². The highest BCUT2D eigenvalue weighted by Crippen LogP contribution is 2.51. The number of benzene rings is 1. The highest BCUT2D eigenvalue weighted by atomic mass is 19.4. The lowest BCUT2D eigenvalue weighted by Gasteiger charge is -2.40.